The summed E-state index contributed by atoms with van der Waals surface area (Å²) >= 11 is 0. The molecule has 1 saturated carbocycles. The van der Waals surface area contributed by atoms with Gasteiger partial charge < -0.3 is 15.4 Å². The Morgan fingerprint density at radius 2 is 2.31 bits per heavy atom. The van der Waals surface area contributed by atoms with E-state index in [4.69, 9.17) is 4.74 Å². The molecule has 1 aliphatic rings. The van der Waals surface area contributed by atoms with Crippen molar-refractivity contribution in [3.05, 3.63) is 0 Å². The van der Waals surface area contributed by atoms with E-state index in [2.05, 4.69) is 10.6 Å². The lowest BCUT2D eigenvalue weighted by Crippen LogP contribution is -2.41. The maximum Gasteiger partial charge on any atom is 0.314 e. The van der Waals surface area contributed by atoms with Gasteiger partial charge in [0.25, 0.3) is 0 Å². The molecule has 13 heavy (non-hydrogen) atoms. The molecule has 0 aromatic heterocycles. The zero-order valence-corrected chi connectivity index (χ0v) is 8.30. The van der Waals surface area contributed by atoms with Crippen molar-refractivity contribution >= 4 is 6.03 Å². The van der Waals surface area contributed by atoms with Crippen LogP contribution < -0.4 is 10.6 Å². The third-order valence-electron chi connectivity index (χ3n) is 2.39. The molecule has 2 unspecified atom stereocenters. The van der Waals surface area contributed by atoms with Crippen molar-refractivity contribution in [1.29, 1.82) is 0 Å². The summed E-state index contributed by atoms with van der Waals surface area (Å²) < 4.78 is 5.21. The molecule has 1 aliphatic carbocycles. The van der Waals surface area contributed by atoms with Gasteiger partial charge in [-0.2, -0.15) is 0 Å². The zero-order valence-electron chi connectivity index (χ0n) is 8.30. The highest BCUT2D eigenvalue weighted by Crippen LogP contribution is 2.20. The number of carbonyl (C=O) groups is 1. The van der Waals surface area contributed by atoms with E-state index in [1.54, 1.807) is 7.11 Å². The Balaban J connectivity index is 2.19. The predicted molar refractivity (Wildman–Crippen MR) is 50.6 cm³/mol. The van der Waals surface area contributed by atoms with Gasteiger partial charge in [0.05, 0.1) is 6.10 Å². The largest absolute Gasteiger partial charge is 0.381 e. The van der Waals surface area contributed by atoms with Gasteiger partial charge in [-0.3, -0.25) is 0 Å². The molecule has 4 heteroatoms. The first kappa shape index (κ1) is 10.3. The normalized spacial score (nSPS) is 27.2. The van der Waals surface area contributed by atoms with Gasteiger partial charge in [0.15, 0.2) is 0 Å². The Hall–Kier alpha value is -0.770. The van der Waals surface area contributed by atoms with E-state index in [-0.39, 0.29) is 12.1 Å². The van der Waals surface area contributed by atoms with Gasteiger partial charge in [0, 0.05) is 19.7 Å². The number of nitrogens with one attached hydrogen (secondary N) is 2. The first-order valence-corrected chi connectivity index (χ1v) is 4.83. The minimum Gasteiger partial charge on any atom is -0.381 e. The molecular weight excluding hydrogens is 168 g/mol. The maximum absolute atomic E-state index is 11.1. The van der Waals surface area contributed by atoms with Gasteiger partial charge >= 0.3 is 6.03 Å². The van der Waals surface area contributed by atoms with Crippen molar-refractivity contribution in [2.24, 2.45) is 0 Å². The highest BCUT2D eigenvalue weighted by Gasteiger charge is 2.25. The first-order chi connectivity index (χ1) is 6.26. The first-order valence-electron chi connectivity index (χ1n) is 4.83. The number of carbonyl (C=O) groups excluding carboxylic acids is 1. The zero-order chi connectivity index (χ0) is 9.68. The fourth-order valence-electron chi connectivity index (χ4n) is 1.68. The summed E-state index contributed by atoms with van der Waals surface area (Å²) in [7, 11) is 1.72. The smallest absolute Gasteiger partial charge is 0.314 e. The summed E-state index contributed by atoms with van der Waals surface area (Å²) in [6.45, 7) is 2.58. The van der Waals surface area contributed by atoms with Crippen LogP contribution in [0.25, 0.3) is 0 Å². The van der Waals surface area contributed by atoms with Crippen LogP contribution in [0.4, 0.5) is 4.79 Å². The third-order valence-corrected chi connectivity index (χ3v) is 2.39. The lowest BCUT2D eigenvalue weighted by Gasteiger charge is -2.12. The fourth-order valence-corrected chi connectivity index (χ4v) is 1.68. The number of hydrogen-bond donors (Lipinski definition) is 2. The Morgan fingerprint density at radius 1 is 1.54 bits per heavy atom. The average Bonchev–Trinajstić information content (AvgIpc) is 2.52. The summed E-state index contributed by atoms with van der Waals surface area (Å²) in [5, 5.41) is 5.63. The van der Waals surface area contributed by atoms with Gasteiger partial charge in [-0.05, 0) is 26.2 Å². The van der Waals surface area contributed by atoms with Gasteiger partial charge in [0.2, 0.25) is 0 Å². The van der Waals surface area contributed by atoms with E-state index < -0.39 is 0 Å². The van der Waals surface area contributed by atoms with Crippen LogP contribution in [0, 0.1) is 0 Å². The van der Waals surface area contributed by atoms with Crippen LogP contribution in [0.2, 0.25) is 0 Å². The molecule has 0 radical (unpaired) electrons. The van der Waals surface area contributed by atoms with Crippen LogP contribution in [-0.2, 0) is 4.74 Å². The van der Waals surface area contributed by atoms with Crippen molar-refractivity contribution in [1.82, 2.24) is 10.6 Å². The summed E-state index contributed by atoms with van der Waals surface area (Å²) in [6.07, 6.45) is 3.34. The number of amides is 2. The molecule has 0 bridgehead atoms. The SMILES string of the molecule is CCNC(=O)NC1CCC(OC)C1. The molecule has 2 amide bonds. The van der Waals surface area contributed by atoms with E-state index in [1.807, 2.05) is 6.92 Å². The molecule has 1 fully saturated rings. The van der Waals surface area contributed by atoms with Gasteiger partial charge in [-0.1, -0.05) is 0 Å². The Labute approximate surface area is 79.0 Å². The molecule has 0 saturated heterocycles. The lowest BCUT2D eigenvalue weighted by atomic mass is 10.2. The van der Waals surface area contributed by atoms with Crippen molar-refractivity contribution in [3.63, 3.8) is 0 Å². The molecule has 1 rings (SSSR count). The topological polar surface area (TPSA) is 50.4 Å². The number of hydrogen-bond acceptors (Lipinski definition) is 2. The van der Waals surface area contributed by atoms with Crippen molar-refractivity contribution in [3.8, 4) is 0 Å². The van der Waals surface area contributed by atoms with Crippen molar-refractivity contribution < 1.29 is 9.53 Å². The average molecular weight is 186 g/mol. The minimum absolute atomic E-state index is 0.0655. The van der Waals surface area contributed by atoms with Gasteiger partial charge in [-0.25, -0.2) is 4.79 Å². The van der Waals surface area contributed by atoms with Gasteiger partial charge in [-0.15, -0.1) is 0 Å². The highest BCUT2D eigenvalue weighted by molar-refractivity contribution is 5.74. The molecule has 0 aromatic rings. The molecule has 76 valence electrons. The lowest BCUT2D eigenvalue weighted by molar-refractivity contribution is 0.107. The van der Waals surface area contributed by atoms with Crippen LogP contribution >= 0.6 is 0 Å². The van der Waals surface area contributed by atoms with Gasteiger partial charge in [0.1, 0.15) is 0 Å². The molecule has 0 spiro atoms. The summed E-state index contributed by atoms with van der Waals surface area (Å²) in [5.74, 6) is 0. The predicted octanol–water partition coefficient (Wildman–Crippen LogP) is 0.873. The summed E-state index contributed by atoms with van der Waals surface area (Å²) in [5.41, 5.74) is 0. The third kappa shape index (κ3) is 3.22. The summed E-state index contributed by atoms with van der Waals surface area (Å²) in [4.78, 5) is 11.1. The van der Waals surface area contributed by atoms with Crippen LogP contribution in [0.5, 0.6) is 0 Å². The van der Waals surface area contributed by atoms with E-state index in [1.165, 1.54) is 0 Å². The van der Waals surface area contributed by atoms with Crippen LogP contribution in [0.1, 0.15) is 26.2 Å². The molecular formula is C9H18N2O2. The monoisotopic (exact) mass is 186 g/mol. The van der Waals surface area contributed by atoms with Crippen LogP contribution in [0.15, 0.2) is 0 Å². The van der Waals surface area contributed by atoms with Crippen molar-refractivity contribution in [2.45, 2.75) is 38.3 Å². The Kier molecular flexibility index (Phi) is 4.02. The summed E-state index contributed by atoms with van der Waals surface area (Å²) in [6, 6.07) is 0.223. The van der Waals surface area contributed by atoms with Crippen molar-refractivity contribution in [2.75, 3.05) is 13.7 Å². The number of rotatable bonds is 3. The van der Waals surface area contributed by atoms with Crippen LogP contribution in [0.3, 0.4) is 0 Å². The van der Waals surface area contributed by atoms with Crippen LogP contribution in [-0.4, -0.2) is 31.8 Å². The molecule has 0 aromatic carbocycles. The number of urea groups is 1. The fraction of sp³-hybridized carbons (Fsp3) is 0.889. The second-order valence-corrected chi connectivity index (χ2v) is 3.37. The Bertz CT molecular complexity index is 173. The molecule has 0 aliphatic heterocycles. The molecule has 4 nitrogen and oxygen atoms in total. The Morgan fingerprint density at radius 3 is 2.85 bits per heavy atom. The molecule has 2 atom stereocenters. The number of methoxy groups -OCH3 is 1. The van der Waals surface area contributed by atoms with E-state index in [9.17, 15) is 4.79 Å². The van der Waals surface area contributed by atoms with E-state index >= 15 is 0 Å². The number of ether oxygens (including phenoxy) is 1. The quantitative estimate of drug-likeness (QED) is 0.687. The second kappa shape index (κ2) is 5.07. The second-order valence-electron chi connectivity index (χ2n) is 3.37. The maximum atomic E-state index is 11.1. The molecule has 2 N–H and O–H groups in total. The van der Waals surface area contributed by atoms with E-state index in [0.717, 1.165) is 19.3 Å². The standard InChI is InChI=1S/C9H18N2O2/c1-3-10-9(12)11-7-4-5-8(6-7)13-2/h7-8H,3-6H2,1-2H3,(H2,10,11,12). The molecule has 0 heterocycles. The highest BCUT2D eigenvalue weighted by atomic mass is 16.5. The minimum atomic E-state index is -0.0655. The van der Waals surface area contributed by atoms with E-state index in [0.29, 0.717) is 12.6 Å².